The van der Waals surface area contributed by atoms with Crippen molar-refractivity contribution in [2.75, 3.05) is 13.1 Å². The fraction of sp³-hybridized carbons (Fsp3) is 0.263. The molecule has 0 atom stereocenters. The van der Waals surface area contributed by atoms with Crippen LogP contribution in [0.1, 0.15) is 34.9 Å². The van der Waals surface area contributed by atoms with Gasteiger partial charge in [-0.05, 0) is 37.1 Å². The van der Waals surface area contributed by atoms with Gasteiger partial charge < -0.3 is 4.90 Å². The van der Waals surface area contributed by atoms with Gasteiger partial charge in [-0.25, -0.2) is 9.78 Å². The van der Waals surface area contributed by atoms with Gasteiger partial charge in [0.2, 0.25) is 0 Å². The second-order valence-electron chi connectivity index (χ2n) is 6.46. The third-order valence-electron chi connectivity index (χ3n) is 4.77. The summed E-state index contributed by atoms with van der Waals surface area (Å²) < 4.78 is 1.27. The Hall–Kier alpha value is -2.93. The van der Waals surface area contributed by atoms with E-state index in [9.17, 15) is 9.59 Å². The lowest BCUT2D eigenvalue weighted by Crippen LogP contribution is -2.38. The van der Waals surface area contributed by atoms with Crippen molar-refractivity contribution >= 4 is 17.5 Å². The molecule has 0 unspecified atom stereocenters. The maximum absolute atomic E-state index is 12.7. The number of aromatic nitrogens is 4. The molecule has 3 aromatic rings. The molecule has 2 aromatic heterocycles. The number of hydrogen-bond acceptors (Lipinski definition) is 4. The first-order valence-electron chi connectivity index (χ1n) is 8.78. The molecular formula is C19H18ClN5O2. The lowest BCUT2D eigenvalue weighted by Gasteiger charge is -2.31. The number of pyridine rings is 1. The number of benzene rings is 1. The Labute approximate surface area is 160 Å². The highest BCUT2D eigenvalue weighted by molar-refractivity contribution is 6.33. The average molecular weight is 384 g/mol. The maximum Gasteiger partial charge on any atom is 0.349 e. The van der Waals surface area contributed by atoms with Crippen molar-refractivity contribution in [3.63, 3.8) is 0 Å². The average Bonchev–Trinajstić information content (AvgIpc) is 3.10. The van der Waals surface area contributed by atoms with E-state index < -0.39 is 0 Å². The molecule has 1 amide bonds. The standard InChI is InChI=1S/C19H18ClN5O2/c20-15-6-2-1-5-14(15)18(26)24-11-8-13(9-12-24)17-22-19(27)25(23-17)16-7-3-4-10-21-16/h1-7,10,13H,8-9,11-12H2,(H,22,23,27). The van der Waals surface area contributed by atoms with Crippen LogP contribution in [-0.4, -0.2) is 43.6 Å². The van der Waals surface area contributed by atoms with Gasteiger partial charge in [0.15, 0.2) is 5.82 Å². The smallest absolute Gasteiger partial charge is 0.339 e. The Morgan fingerprint density at radius 1 is 1.11 bits per heavy atom. The highest BCUT2D eigenvalue weighted by atomic mass is 35.5. The molecule has 1 N–H and O–H groups in total. The van der Waals surface area contributed by atoms with Gasteiger partial charge in [0.05, 0.1) is 10.6 Å². The third-order valence-corrected chi connectivity index (χ3v) is 5.10. The summed E-state index contributed by atoms with van der Waals surface area (Å²) in [6.45, 7) is 1.18. The normalized spacial score (nSPS) is 15.1. The zero-order valence-electron chi connectivity index (χ0n) is 14.5. The van der Waals surface area contributed by atoms with Gasteiger partial charge in [0.1, 0.15) is 5.82 Å². The SMILES string of the molecule is O=C(c1ccccc1Cl)N1CCC(c2nn(-c3ccccn3)c(=O)[nH]2)CC1. The first-order valence-corrected chi connectivity index (χ1v) is 9.16. The summed E-state index contributed by atoms with van der Waals surface area (Å²) in [5.41, 5.74) is 0.212. The molecule has 27 heavy (non-hydrogen) atoms. The summed E-state index contributed by atoms with van der Waals surface area (Å²) >= 11 is 6.14. The van der Waals surface area contributed by atoms with Crippen LogP contribution in [0.2, 0.25) is 5.02 Å². The van der Waals surface area contributed by atoms with Gasteiger partial charge in [0, 0.05) is 25.2 Å². The largest absolute Gasteiger partial charge is 0.349 e. The molecule has 7 nitrogen and oxygen atoms in total. The first-order chi connectivity index (χ1) is 13.1. The number of amides is 1. The van der Waals surface area contributed by atoms with E-state index in [-0.39, 0.29) is 17.5 Å². The summed E-state index contributed by atoms with van der Waals surface area (Å²) in [6.07, 6.45) is 3.08. The molecule has 4 rings (SSSR count). The Morgan fingerprint density at radius 3 is 2.56 bits per heavy atom. The first kappa shape index (κ1) is 17.5. The molecule has 8 heteroatoms. The van der Waals surface area contributed by atoms with Gasteiger partial charge in [-0.15, -0.1) is 5.10 Å². The number of H-pyrrole nitrogens is 1. The molecule has 0 spiro atoms. The second-order valence-corrected chi connectivity index (χ2v) is 6.87. The number of halogens is 1. The van der Waals surface area contributed by atoms with E-state index in [1.807, 2.05) is 6.07 Å². The number of carbonyl (C=O) groups is 1. The van der Waals surface area contributed by atoms with Crippen LogP contribution in [0, 0.1) is 0 Å². The molecule has 3 heterocycles. The number of likely N-dealkylation sites (tertiary alicyclic amines) is 1. The zero-order valence-corrected chi connectivity index (χ0v) is 15.3. The zero-order chi connectivity index (χ0) is 18.8. The van der Waals surface area contributed by atoms with Crippen LogP contribution >= 0.6 is 11.6 Å². The molecule has 1 aromatic carbocycles. The minimum atomic E-state index is -0.307. The minimum absolute atomic E-state index is 0.0634. The van der Waals surface area contributed by atoms with E-state index >= 15 is 0 Å². The summed E-state index contributed by atoms with van der Waals surface area (Å²) in [7, 11) is 0. The van der Waals surface area contributed by atoms with Crippen LogP contribution in [0.5, 0.6) is 0 Å². The van der Waals surface area contributed by atoms with Crippen molar-refractivity contribution in [1.82, 2.24) is 24.6 Å². The quantitative estimate of drug-likeness (QED) is 0.753. The number of piperidine rings is 1. The molecule has 1 aliphatic rings. The Kier molecular flexibility index (Phi) is 4.77. The number of hydrogen-bond donors (Lipinski definition) is 1. The highest BCUT2D eigenvalue weighted by Gasteiger charge is 2.27. The van der Waals surface area contributed by atoms with Crippen LogP contribution in [0.4, 0.5) is 0 Å². The lowest BCUT2D eigenvalue weighted by molar-refractivity contribution is 0.0711. The lowest BCUT2D eigenvalue weighted by atomic mass is 9.95. The third kappa shape index (κ3) is 3.50. The van der Waals surface area contributed by atoms with Crippen molar-refractivity contribution in [1.29, 1.82) is 0 Å². The molecule has 138 valence electrons. The van der Waals surface area contributed by atoms with Crippen molar-refractivity contribution in [3.05, 3.63) is 75.6 Å². The molecule has 1 saturated heterocycles. The van der Waals surface area contributed by atoms with Gasteiger partial charge in [-0.2, -0.15) is 4.68 Å². The van der Waals surface area contributed by atoms with Gasteiger partial charge >= 0.3 is 5.69 Å². The van der Waals surface area contributed by atoms with E-state index in [0.29, 0.717) is 35.3 Å². The summed E-state index contributed by atoms with van der Waals surface area (Å²) in [5, 5.41) is 4.87. The van der Waals surface area contributed by atoms with Gasteiger partial charge in [-0.3, -0.25) is 9.78 Å². The molecule has 0 saturated carbocycles. The van der Waals surface area contributed by atoms with Crippen LogP contribution in [0.25, 0.3) is 5.82 Å². The monoisotopic (exact) mass is 383 g/mol. The number of rotatable bonds is 3. The van der Waals surface area contributed by atoms with Crippen LogP contribution in [0.3, 0.4) is 0 Å². The molecule has 1 aliphatic heterocycles. The van der Waals surface area contributed by atoms with Crippen molar-refractivity contribution in [2.45, 2.75) is 18.8 Å². The minimum Gasteiger partial charge on any atom is -0.339 e. The van der Waals surface area contributed by atoms with Crippen LogP contribution < -0.4 is 5.69 Å². The van der Waals surface area contributed by atoms with Crippen LogP contribution in [0.15, 0.2) is 53.5 Å². The number of nitrogens with one attached hydrogen (secondary N) is 1. The topological polar surface area (TPSA) is 83.9 Å². The van der Waals surface area contributed by atoms with E-state index in [0.717, 1.165) is 12.8 Å². The number of carbonyl (C=O) groups excluding carboxylic acids is 1. The van der Waals surface area contributed by atoms with Crippen molar-refractivity contribution in [2.24, 2.45) is 0 Å². The van der Waals surface area contributed by atoms with Gasteiger partial charge in [-0.1, -0.05) is 29.8 Å². The Balaban J connectivity index is 1.46. The highest BCUT2D eigenvalue weighted by Crippen LogP contribution is 2.27. The van der Waals surface area contributed by atoms with E-state index in [1.54, 1.807) is 47.5 Å². The number of aromatic amines is 1. The summed E-state index contributed by atoms with van der Waals surface area (Å²) in [6, 6.07) is 12.4. The van der Waals surface area contributed by atoms with Gasteiger partial charge in [0.25, 0.3) is 5.91 Å². The molecule has 0 bridgehead atoms. The van der Waals surface area contributed by atoms with Crippen molar-refractivity contribution < 1.29 is 4.79 Å². The predicted octanol–water partition coefficient (Wildman–Crippen LogP) is 2.63. The Bertz CT molecular complexity index is 1010. The molecule has 0 radical (unpaired) electrons. The maximum atomic E-state index is 12.7. The molecule has 1 fully saturated rings. The van der Waals surface area contributed by atoms with E-state index in [2.05, 4.69) is 15.1 Å². The number of nitrogens with zero attached hydrogens (tertiary/aromatic N) is 4. The fourth-order valence-corrected chi connectivity index (χ4v) is 3.54. The second kappa shape index (κ2) is 7.36. The summed E-state index contributed by atoms with van der Waals surface area (Å²) in [5.74, 6) is 1.15. The fourth-order valence-electron chi connectivity index (χ4n) is 3.32. The van der Waals surface area contributed by atoms with Crippen LogP contribution in [-0.2, 0) is 0 Å². The van der Waals surface area contributed by atoms with E-state index in [1.165, 1.54) is 4.68 Å². The molecule has 0 aliphatic carbocycles. The Morgan fingerprint density at radius 2 is 1.85 bits per heavy atom. The summed E-state index contributed by atoms with van der Waals surface area (Å²) in [4.78, 5) is 33.7. The molecular weight excluding hydrogens is 366 g/mol. The van der Waals surface area contributed by atoms with Crippen molar-refractivity contribution in [3.8, 4) is 5.82 Å². The predicted molar refractivity (Wildman–Crippen MR) is 101 cm³/mol. The van der Waals surface area contributed by atoms with E-state index in [4.69, 9.17) is 11.6 Å².